The van der Waals surface area contributed by atoms with Gasteiger partial charge in [0.15, 0.2) is 0 Å². The maximum atomic E-state index is 11.2. The fourth-order valence-corrected chi connectivity index (χ4v) is 4.22. The second-order valence-corrected chi connectivity index (χ2v) is 7.35. The van der Waals surface area contributed by atoms with E-state index in [9.17, 15) is 4.79 Å². The molecule has 2 heterocycles. The molecule has 130 valence electrons. The summed E-state index contributed by atoms with van der Waals surface area (Å²) in [5.74, 6) is 0.0358. The Balaban J connectivity index is 1.79. The minimum atomic E-state index is -0.758. The molecule has 1 saturated carbocycles. The van der Waals surface area contributed by atoms with Crippen molar-refractivity contribution in [1.82, 2.24) is 0 Å². The Morgan fingerprint density at radius 3 is 2.65 bits per heavy atom. The van der Waals surface area contributed by atoms with Crippen molar-refractivity contribution in [2.75, 3.05) is 13.7 Å². The summed E-state index contributed by atoms with van der Waals surface area (Å²) in [6.07, 6.45) is 3.39. The van der Waals surface area contributed by atoms with E-state index in [1.54, 1.807) is 7.11 Å². The molecule has 2 aliphatic heterocycles. The topological polar surface area (TPSA) is 86.6 Å². The molecule has 0 aromatic heterocycles. The maximum absolute atomic E-state index is 11.2. The summed E-state index contributed by atoms with van der Waals surface area (Å²) in [6, 6.07) is 0. The van der Waals surface area contributed by atoms with Crippen LogP contribution in [-0.4, -0.2) is 49.3 Å². The maximum Gasteiger partial charge on any atom is 0.404 e. The molecule has 1 spiro atoms. The smallest absolute Gasteiger partial charge is 0.404 e. The number of carbonyl (C=O) groups excluding carboxylic acids is 1. The molecule has 2 saturated heterocycles. The van der Waals surface area contributed by atoms with Gasteiger partial charge < -0.3 is 24.7 Å². The molecule has 2 N–H and O–H groups in total. The molecule has 3 rings (SSSR count). The molecule has 6 heteroatoms. The molecule has 3 unspecified atom stereocenters. The van der Waals surface area contributed by atoms with Crippen LogP contribution in [-0.2, 0) is 18.9 Å². The van der Waals surface area contributed by atoms with Crippen LogP contribution in [0, 0.1) is 5.92 Å². The zero-order valence-electron chi connectivity index (χ0n) is 14.3. The molecular weight excluding hydrogens is 298 g/mol. The van der Waals surface area contributed by atoms with Gasteiger partial charge in [0.2, 0.25) is 0 Å². The van der Waals surface area contributed by atoms with Crippen LogP contribution in [0.1, 0.15) is 40.0 Å². The number of primary amides is 1. The molecule has 1 amide bonds. The van der Waals surface area contributed by atoms with Gasteiger partial charge in [-0.3, -0.25) is 0 Å². The van der Waals surface area contributed by atoms with Crippen LogP contribution >= 0.6 is 0 Å². The molecule has 1 aliphatic carbocycles. The van der Waals surface area contributed by atoms with Crippen LogP contribution in [0.4, 0.5) is 4.79 Å². The fraction of sp³-hybridized carbons (Fsp3) is 0.824. The van der Waals surface area contributed by atoms with Crippen LogP contribution in [0.15, 0.2) is 11.6 Å². The highest BCUT2D eigenvalue weighted by Gasteiger charge is 2.72. The number of epoxide rings is 2. The second-order valence-electron chi connectivity index (χ2n) is 7.35. The van der Waals surface area contributed by atoms with Gasteiger partial charge in [0.1, 0.15) is 23.4 Å². The monoisotopic (exact) mass is 325 g/mol. The van der Waals surface area contributed by atoms with Crippen molar-refractivity contribution < 1.29 is 23.7 Å². The lowest BCUT2D eigenvalue weighted by Crippen LogP contribution is -2.55. The van der Waals surface area contributed by atoms with E-state index < -0.39 is 6.09 Å². The summed E-state index contributed by atoms with van der Waals surface area (Å²) in [4.78, 5) is 11.2. The molecule has 0 bridgehead atoms. The van der Waals surface area contributed by atoms with Gasteiger partial charge in [-0.2, -0.15) is 0 Å². The highest BCUT2D eigenvalue weighted by Crippen LogP contribution is 2.59. The van der Waals surface area contributed by atoms with Gasteiger partial charge in [0.25, 0.3) is 0 Å². The Morgan fingerprint density at radius 2 is 2.13 bits per heavy atom. The summed E-state index contributed by atoms with van der Waals surface area (Å²) in [7, 11) is 1.65. The quantitative estimate of drug-likeness (QED) is 0.618. The molecule has 3 fully saturated rings. The van der Waals surface area contributed by atoms with Crippen molar-refractivity contribution in [1.29, 1.82) is 0 Å². The molecule has 6 nitrogen and oxygen atoms in total. The van der Waals surface area contributed by atoms with Gasteiger partial charge in [-0.05, 0) is 40.0 Å². The normalized spacial score (nSPS) is 44.7. The number of methoxy groups -OCH3 is 1. The number of hydrogen-bond donors (Lipinski definition) is 1. The third kappa shape index (κ3) is 2.99. The zero-order chi connectivity index (χ0) is 16.8. The van der Waals surface area contributed by atoms with Crippen molar-refractivity contribution in [3.05, 3.63) is 11.6 Å². The Morgan fingerprint density at radius 1 is 1.43 bits per heavy atom. The largest absolute Gasteiger partial charge is 0.444 e. The Hall–Kier alpha value is -1.11. The van der Waals surface area contributed by atoms with Crippen molar-refractivity contribution in [2.45, 2.75) is 69.5 Å². The molecule has 3 aliphatic rings. The van der Waals surface area contributed by atoms with Crippen LogP contribution in [0.5, 0.6) is 0 Å². The van der Waals surface area contributed by atoms with Gasteiger partial charge in [-0.15, -0.1) is 0 Å². The van der Waals surface area contributed by atoms with E-state index in [1.807, 2.05) is 0 Å². The molecule has 0 aromatic carbocycles. The zero-order valence-corrected chi connectivity index (χ0v) is 14.3. The number of hydrogen-bond acceptors (Lipinski definition) is 5. The lowest BCUT2D eigenvalue weighted by atomic mass is 9.68. The number of amides is 1. The third-order valence-corrected chi connectivity index (χ3v) is 5.50. The van der Waals surface area contributed by atoms with Gasteiger partial charge in [-0.1, -0.05) is 11.6 Å². The van der Waals surface area contributed by atoms with Gasteiger partial charge in [0, 0.05) is 7.11 Å². The van der Waals surface area contributed by atoms with Crippen LogP contribution < -0.4 is 5.73 Å². The van der Waals surface area contributed by atoms with E-state index in [-0.39, 0.29) is 35.4 Å². The molecular formula is C17H27NO5. The Labute approximate surface area is 137 Å². The molecule has 6 atom stereocenters. The van der Waals surface area contributed by atoms with Crippen molar-refractivity contribution in [3.63, 3.8) is 0 Å². The summed E-state index contributed by atoms with van der Waals surface area (Å²) >= 11 is 0. The third-order valence-electron chi connectivity index (χ3n) is 5.50. The molecule has 0 aromatic rings. The Kier molecular flexibility index (Phi) is 4.19. The first-order chi connectivity index (χ1) is 10.8. The van der Waals surface area contributed by atoms with Gasteiger partial charge >= 0.3 is 6.09 Å². The standard InChI is InChI=1S/C17H27NO5/c1-10(2)5-6-12-16(3,23-12)14-13(20-4)11(22-15(18)19)7-8-17(14)9-21-17/h5,11-14H,6-9H2,1-4H3,(H2,18,19)/t11?,12-,13?,14?,16+,17+/m1/s1. The first-order valence-corrected chi connectivity index (χ1v) is 8.26. The lowest BCUT2D eigenvalue weighted by molar-refractivity contribution is -0.117. The SMILES string of the molecule is COC1C(OC(N)=O)CC[C@]2(CO2)C1[C@@]1(C)O[C@@H]1CC=C(C)C. The predicted octanol–water partition coefficient (Wildman–Crippen LogP) is 2.16. The minimum absolute atomic E-state index is 0.0358. The Bertz CT molecular complexity index is 511. The van der Waals surface area contributed by atoms with E-state index >= 15 is 0 Å². The first-order valence-electron chi connectivity index (χ1n) is 8.26. The minimum Gasteiger partial charge on any atom is -0.444 e. The summed E-state index contributed by atoms with van der Waals surface area (Å²) < 4.78 is 22.9. The van der Waals surface area contributed by atoms with Crippen molar-refractivity contribution in [3.8, 4) is 0 Å². The van der Waals surface area contributed by atoms with Crippen molar-refractivity contribution in [2.24, 2.45) is 11.7 Å². The second kappa shape index (κ2) is 5.76. The highest BCUT2D eigenvalue weighted by atomic mass is 16.6. The number of ether oxygens (including phenoxy) is 4. The van der Waals surface area contributed by atoms with Crippen molar-refractivity contribution >= 4 is 6.09 Å². The summed E-state index contributed by atoms with van der Waals surface area (Å²) in [5.41, 5.74) is 5.98. The molecule has 23 heavy (non-hydrogen) atoms. The number of allylic oxidation sites excluding steroid dienone is 1. The first kappa shape index (κ1) is 16.7. The number of rotatable bonds is 5. The average molecular weight is 325 g/mol. The van der Waals surface area contributed by atoms with E-state index in [4.69, 9.17) is 24.7 Å². The average Bonchev–Trinajstić information content (AvgIpc) is 3.37. The highest BCUT2D eigenvalue weighted by molar-refractivity contribution is 5.64. The fourth-order valence-electron chi connectivity index (χ4n) is 4.22. The van der Waals surface area contributed by atoms with E-state index in [0.29, 0.717) is 6.42 Å². The molecule has 0 radical (unpaired) electrons. The lowest BCUT2D eigenvalue weighted by Gasteiger charge is -2.42. The number of carbonyl (C=O) groups is 1. The van der Waals surface area contributed by atoms with Crippen LogP contribution in [0.3, 0.4) is 0 Å². The van der Waals surface area contributed by atoms with Gasteiger partial charge in [0.05, 0.1) is 18.6 Å². The predicted molar refractivity (Wildman–Crippen MR) is 84.0 cm³/mol. The van der Waals surface area contributed by atoms with Gasteiger partial charge in [-0.25, -0.2) is 4.79 Å². The summed E-state index contributed by atoms with van der Waals surface area (Å²) in [6.45, 7) is 7.00. The van der Waals surface area contributed by atoms with E-state index in [0.717, 1.165) is 19.4 Å². The van der Waals surface area contributed by atoms with Crippen LogP contribution in [0.25, 0.3) is 0 Å². The summed E-state index contributed by atoms with van der Waals surface area (Å²) in [5, 5.41) is 0. The van der Waals surface area contributed by atoms with Crippen LogP contribution in [0.2, 0.25) is 0 Å². The number of nitrogens with two attached hydrogens (primary N) is 1. The van der Waals surface area contributed by atoms with E-state index in [1.165, 1.54) is 5.57 Å². The van der Waals surface area contributed by atoms with E-state index in [2.05, 4.69) is 26.8 Å².